The second kappa shape index (κ2) is 6.40. The van der Waals surface area contributed by atoms with E-state index in [4.69, 9.17) is 5.84 Å². The molecule has 1 aliphatic heterocycles. The fourth-order valence-corrected chi connectivity index (χ4v) is 3.47. The van der Waals surface area contributed by atoms with E-state index >= 15 is 0 Å². The molecule has 0 saturated carbocycles. The summed E-state index contributed by atoms with van der Waals surface area (Å²) in [6.07, 6.45) is 1.67. The van der Waals surface area contributed by atoms with Crippen molar-refractivity contribution in [1.29, 1.82) is 0 Å². The minimum atomic E-state index is -3.00. The monoisotopic (exact) mass is 312 g/mol. The van der Waals surface area contributed by atoms with Gasteiger partial charge >= 0.3 is 0 Å². The molecule has 0 aliphatic carbocycles. The van der Waals surface area contributed by atoms with E-state index in [0.717, 1.165) is 18.5 Å². The van der Waals surface area contributed by atoms with Gasteiger partial charge in [0.25, 0.3) is 5.91 Å². The average molecular weight is 312 g/mol. The summed E-state index contributed by atoms with van der Waals surface area (Å²) in [6.45, 7) is 2.50. The first-order chi connectivity index (χ1) is 9.95. The number of nitrogens with one attached hydrogen (secondary N) is 1. The molecule has 0 atom stereocenters. The van der Waals surface area contributed by atoms with Crippen molar-refractivity contribution in [1.82, 2.24) is 9.88 Å². The first kappa shape index (κ1) is 15.7. The van der Waals surface area contributed by atoms with Crippen molar-refractivity contribution in [2.75, 3.05) is 30.0 Å². The van der Waals surface area contributed by atoms with Crippen LogP contribution < -0.4 is 11.3 Å². The molecular formula is C13H20N4O3S. The SMILES string of the molecule is CCCc1cc(C(=O)N2CCS(=O)(=O)CC2)cc(NN)n1. The van der Waals surface area contributed by atoms with Gasteiger partial charge in [-0.25, -0.2) is 19.2 Å². The third-order valence-corrected chi connectivity index (χ3v) is 5.02. The van der Waals surface area contributed by atoms with Gasteiger partial charge in [-0.05, 0) is 18.6 Å². The van der Waals surface area contributed by atoms with E-state index in [1.165, 1.54) is 0 Å². The molecule has 1 fully saturated rings. The van der Waals surface area contributed by atoms with E-state index in [2.05, 4.69) is 10.4 Å². The van der Waals surface area contributed by atoms with Crippen LogP contribution in [0.1, 0.15) is 29.4 Å². The number of aryl methyl sites for hydroxylation is 1. The number of carbonyl (C=O) groups is 1. The van der Waals surface area contributed by atoms with Crippen molar-refractivity contribution in [3.63, 3.8) is 0 Å². The van der Waals surface area contributed by atoms with Crippen molar-refractivity contribution in [2.45, 2.75) is 19.8 Å². The quantitative estimate of drug-likeness (QED) is 0.607. The number of nitrogen functional groups attached to an aromatic ring is 1. The lowest BCUT2D eigenvalue weighted by Gasteiger charge is -2.27. The largest absolute Gasteiger partial charge is 0.337 e. The molecule has 21 heavy (non-hydrogen) atoms. The highest BCUT2D eigenvalue weighted by molar-refractivity contribution is 7.91. The minimum absolute atomic E-state index is 0.0215. The predicted molar refractivity (Wildman–Crippen MR) is 80.6 cm³/mol. The van der Waals surface area contributed by atoms with Gasteiger partial charge in [-0.1, -0.05) is 13.3 Å². The van der Waals surface area contributed by atoms with Gasteiger partial charge in [0.2, 0.25) is 0 Å². The molecule has 0 radical (unpaired) electrons. The second-order valence-electron chi connectivity index (χ2n) is 5.07. The summed E-state index contributed by atoms with van der Waals surface area (Å²) in [5.41, 5.74) is 3.74. The molecular weight excluding hydrogens is 292 g/mol. The van der Waals surface area contributed by atoms with Gasteiger partial charge in [0.15, 0.2) is 9.84 Å². The van der Waals surface area contributed by atoms with Gasteiger partial charge in [-0.15, -0.1) is 0 Å². The maximum atomic E-state index is 12.5. The Bertz CT molecular complexity index is 616. The molecule has 7 nitrogen and oxygen atoms in total. The first-order valence-corrected chi connectivity index (χ1v) is 8.74. The number of sulfone groups is 1. The lowest BCUT2D eigenvalue weighted by atomic mass is 10.1. The average Bonchev–Trinajstić information content (AvgIpc) is 2.46. The number of hydrazine groups is 1. The van der Waals surface area contributed by atoms with Crippen LogP contribution in [0.5, 0.6) is 0 Å². The van der Waals surface area contributed by atoms with Crippen LogP contribution in [0.4, 0.5) is 5.82 Å². The molecule has 1 aromatic rings. The van der Waals surface area contributed by atoms with Crippen LogP contribution >= 0.6 is 0 Å². The van der Waals surface area contributed by atoms with Gasteiger partial charge in [-0.2, -0.15) is 0 Å². The number of aromatic nitrogens is 1. The van der Waals surface area contributed by atoms with Crippen LogP contribution in [0.15, 0.2) is 12.1 Å². The zero-order valence-electron chi connectivity index (χ0n) is 12.0. The van der Waals surface area contributed by atoms with Crippen molar-refractivity contribution < 1.29 is 13.2 Å². The molecule has 0 spiro atoms. The third kappa shape index (κ3) is 3.92. The molecule has 1 saturated heterocycles. The van der Waals surface area contributed by atoms with Gasteiger partial charge in [0.1, 0.15) is 5.82 Å². The molecule has 1 aromatic heterocycles. The molecule has 1 aliphatic rings. The molecule has 0 unspecified atom stereocenters. The van der Waals surface area contributed by atoms with E-state index in [-0.39, 0.29) is 30.5 Å². The van der Waals surface area contributed by atoms with Crippen LogP contribution in [0, 0.1) is 0 Å². The normalized spacial score (nSPS) is 17.5. The Labute approximate surface area is 124 Å². The maximum absolute atomic E-state index is 12.5. The summed E-state index contributed by atoms with van der Waals surface area (Å²) in [5.74, 6) is 5.68. The number of hydrogen-bond acceptors (Lipinski definition) is 6. The fraction of sp³-hybridized carbons (Fsp3) is 0.538. The summed E-state index contributed by atoms with van der Waals surface area (Å²) >= 11 is 0. The second-order valence-corrected chi connectivity index (χ2v) is 7.37. The Kier molecular flexibility index (Phi) is 4.79. The van der Waals surface area contributed by atoms with Crippen LogP contribution in [0.25, 0.3) is 0 Å². The summed E-state index contributed by atoms with van der Waals surface area (Å²) < 4.78 is 22.8. The van der Waals surface area contributed by atoms with Gasteiger partial charge < -0.3 is 10.3 Å². The number of carbonyl (C=O) groups excluding carboxylic acids is 1. The summed E-state index contributed by atoms with van der Waals surface area (Å²) in [5, 5.41) is 0. The van der Waals surface area contributed by atoms with Gasteiger partial charge in [0.05, 0.1) is 11.5 Å². The number of pyridine rings is 1. The van der Waals surface area contributed by atoms with Crippen molar-refractivity contribution in [3.8, 4) is 0 Å². The summed E-state index contributed by atoms with van der Waals surface area (Å²) in [4.78, 5) is 18.3. The lowest BCUT2D eigenvalue weighted by molar-refractivity contribution is 0.0770. The Morgan fingerprint density at radius 3 is 2.62 bits per heavy atom. The topological polar surface area (TPSA) is 105 Å². The molecule has 2 heterocycles. The third-order valence-electron chi connectivity index (χ3n) is 3.41. The number of amides is 1. The van der Waals surface area contributed by atoms with E-state index in [1.54, 1.807) is 17.0 Å². The Balaban J connectivity index is 2.20. The van der Waals surface area contributed by atoms with E-state index < -0.39 is 9.84 Å². The number of rotatable bonds is 4. The number of nitrogens with two attached hydrogens (primary N) is 1. The zero-order valence-corrected chi connectivity index (χ0v) is 12.8. The molecule has 3 N–H and O–H groups in total. The van der Waals surface area contributed by atoms with E-state index in [9.17, 15) is 13.2 Å². The van der Waals surface area contributed by atoms with Crippen molar-refractivity contribution in [2.24, 2.45) is 5.84 Å². The first-order valence-electron chi connectivity index (χ1n) is 6.92. The van der Waals surface area contributed by atoms with E-state index in [0.29, 0.717) is 11.4 Å². The highest BCUT2D eigenvalue weighted by atomic mass is 32.2. The minimum Gasteiger partial charge on any atom is -0.337 e. The highest BCUT2D eigenvalue weighted by Crippen LogP contribution is 2.15. The number of nitrogens with zero attached hydrogens (tertiary/aromatic N) is 2. The standard InChI is InChI=1S/C13H20N4O3S/c1-2-3-11-8-10(9-12(15-11)16-14)13(18)17-4-6-21(19,20)7-5-17/h8-9H,2-7,14H2,1H3,(H,15,16). The summed E-state index contributed by atoms with van der Waals surface area (Å²) in [7, 11) is -3.00. The Morgan fingerprint density at radius 2 is 2.05 bits per heavy atom. The number of hydrogen-bond donors (Lipinski definition) is 2. The molecule has 0 bridgehead atoms. The predicted octanol–water partition coefficient (Wildman–Crippen LogP) is 0.190. The van der Waals surface area contributed by atoms with Gasteiger partial charge in [-0.3, -0.25) is 4.79 Å². The smallest absolute Gasteiger partial charge is 0.254 e. The maximum Gasteiger partial charge on any atom is 0.254 e. The molecule has 1 amide bonds. The van der Waals surface area contributed by atoms with E-state index in [1.807, 2.05) is 6.92 Å². The lowest BCUT2D eigenvalue weighted by Crippen LogP contribution is -2.43. The van der Waals surface area contributed by atoms with Gasteiger partial charge in [0, 0.05) is 24.3 Å². The Hall–Kier alpha value is -1.67. The zero-order chi connectivity index (χ0) is 15.5. The van der Waals surface area contributed by atoms with Crippen LogP contribution in [-0.4, -0.2) is 48.8 Å². The number of anilines is 1. The van der Waals surface area contributed by atoms with Crippen LogP contribution in [0.2, 0.25) is 0 Å². The van der Waals surface area contributed by atoms with Crippen molar-refractivity contribution in [3.05, 3.63) is 23.4 Å². The van der Waals surface area contributed by atoms with Crippen molar-refractivity contribution >= 4 is 21.6 Å². The molecule has 116 valence electrons. The fourth-order valence-electron chi connectivity index (χ4n) is 2.27. The summed E-state index contributed by atoms with van der Waals surface area (Å²) in [6, 6.07) is 3.33. The molecule has 0 aromatic carbocycles. The molecule has 8 heteroatoms. The Morgan fingerprint density at radius 1 is 1.38 bits per heavy atom. The molecule has 2 rings (SSSR count). The highest BCUT2D eigenvalue weighted by Gasteiger charge is 2.26. The van der Waals surface area contributed by atoms with Crippen LogP contribution in [0.3, 0.4) is 0 Å². The van der Waals surface area contributed by atoms with Crippen LogP contribution in [-0.2, 0) is 16.3 Å².